The van der Waals surface area contributed by atoms with E-state index in [2.05, 4.69) is 44.2 Å². The number of imidazole rings is 1. The molecule has 0 unspecified atom stereocenters. The highest BCUT2D eigenvalue weighted by atomic mass is 35.5. The van der Waals surface area contributed by atoms with Crippen molar-refractivity contribution in [3.63, 3.8) is 0 Å². The Kier molecular flexibility index (Phi) is 23.3. The second-order valence-corrected chi connectivity index (χ2v) is 25.8. The van der Waals surface area contributed by atoms with Gasteiger partial charge in [-0.15, -0.1) is 11.3 Å². The van der Waals surface area contributed by atoms with E-state index in [1.807, 2.05) is 72.6 Å². The molecule has 0 aliphatic carbocycles. The molecule has 462 valence electrons. The fraction of sp³-hybridized carbons (Fsp3) is 0.373. The van der Waals surface area contributed by atoms with Crippen LogP contribution in [-0.2, 0) is 35.2 Å². The minimum atomic E-state index is -0.905. The molecule has 9 rings (SSSR count). The van der Waals surface area contributed by atoms with Crippen molar-refractivity contribution >= 4 is 123 Å². The van der Waals surface area contributed by atoms with Crippen LogP contribution in [0.25, 0.3) is 17.2 Å². The smallest absolute Gasteiger partial charge is 0.246 e. The fourth-order valence-electron chi connectivity index (χ4n) is 11.2. The molecule has 0 spiro atoms. The van der Waals surface area contributed by atoms with Gasteiger partial charge in [-0.1, -0.05) is 132 Å². The Morgan fingerprint density at radius 2 is 1.30 bits per heavy atom. The molecule has 2 atom stereocenters. The van der Waals surface area contributed by atoms with E-state index >= 15 is 0 Å². The lowest BCUT2D eigenvalue weighted by molar-refractivity contribution is -0.136. The maximum Gasteiger partial charge on any atom is 0.246 e. The topological polar surface area (TPSA) is 178 Å². The van der Waals surface area contributed by atoms with Gasteiger partial charge in [-0.2, -0.15) is 0 Å². The number of halogens is 5. The molecule has 6 aromatic rings. The Labute approximate surface area is 543 Å². The molecule has 88 heavy (non-hydrogen) atoms. The summed E-state index contributed by atoms with van der Waals surface area (Å²) in [6.45, 7) is 10.4. The van der Waals surface area contributed by atoms with E-state index in [1.54, 1.807) is 64.8 Å². The van der Waals surface area contributed by atoms with E-state index in [-0.39, 0.29) is 74.1 Å². The average molecular weight is 1310 g/mol. The summed E-state index contributed by atoms with van der Waals surface area (Å²) in [6.07, 6.45) is 10.8. The lowest BCUT2D eigenvalue weighted by Crippen LogP contribution is -2.52. The molecule has 0 bridgehead atoms. The number of carbonyl (C=O) groups is 6. The second kappa shape index (κ2) is 31.2. The van der Waals surface area contributed by atoms with Gasteiger partial charge in [0, 0.05) is 117 Å². The number of aromatic nitrogens is 2. The molecule has 2 aromatic heterocycles. The van der Waals surface area contributed by atoms with Crippen molar-refractivity contribution in [1.82, 2.24) is 40.2 Å². The number of amides is 5. The number of piperidine rings is 1. The van der Waals surface area contributed by atoms with E-state index in [0.717, 1.165) is 70.2 Å². The highest BCUT2D eigenvalue weighted by Gasteiger charge is 2.35. The molecule has 3 N–H and O–H groups in total. The van der Waals surface area contributed by atoms with Crippen molar-refractivity contribution in [2.75, 3.05) is 58.9 Å². The Bertz CT molecular complexity index is 3560. The van der Waals surface area contributed by atoms with E-state index < -0.39 is 12.1 Å². The highest BCUT2D eigenvalue weighted by molar-refractivity contribution is 7.15. The number of thiophene rings is 1. The molecule has 21 heteroatoms. The predicted molar refractivity (Wildman–Crippen MR) is 353 cm³/mol. The van der Waals surface area contributed by atoms with Crippen molar-refractivity contribution in [3.8, 4) is 5.00 Å². The lowest BCUT2D eigenvalue weighted by atomic mass is 9.93. The number of hydrogen-bond donors (Lipinski definition) is 3. The number of rotatable bonds is 24. The molecule has 15 nitrogen and oxygen atoms in total. The molecule has 5 amide bonds. The Balaban J connectivity index is 0.659. The van der Waals surface area contributed by atoms with Crippen molar-refractivity contribution in [1.29, 1.82) is 0 Å². The average Bonchev–Trinajstić information content (AvgIpc) is 2.10. The minimum absolute atomic E-state index is 0.00397. The van der Waals surface area contributed by atoms with Gasteiger partial charge in [-0.25, -0.2) is 4.98 Å². The van der Waals surface area contributed by atoms with Crippen LogP contribution in [0.5, 0.6) is 0 Å². The molecule has 2 saturated heterocycles. The molecule has 3 aliphatic rings. The van der Waals surface area contributed by atoms with Crippen LogP contribution in [0.4, 0.5) is 0 Å². The number of nitrogens with zero attached hydrogens (tertiary/aromatic N) is 6. The highest BCUT2D eigenvalue weighted by Crippen LogP contribution is 2.40. The zero-order valence-corrected chi connectivity index (χ0v) is 54.2. The van der Waals surface area contributed by atoms with E-state index in [1.165, 1.54) is 4.88 Å². The van der Waals surface area contributed by atoms with Gasteiger partial charge in [-0.3, -0.25) is 43.2 Å². The zero-order valence-electron chi connectivity index (χ0n) is 49.6. The predicted octanol–water partition coefficient (Wildman–Crippen LogP) is 12.6. The van der Waals surface area contributed by atoms with Crippen molar-refractivity contribution in [2.24, 2.45) is 4.99 Å². The van der Waals surface area contributed by atoms with Crippen LogP contribution in [0.2, 0.25) is 25.1 Å². The van der Waals surface area contributed by atoms with Gasteiger partial charge in [0.15, 0.2) is 5.78 Å². The van der Waals surface area contributed by atoms with Crippen LogP contribution in [-0.4, -0.2) is 130 Å². The summed E-state index contributed by atoms with van der Waals surface area (Å²) < 4.78 is 2.15. The molecule has 5 heterocycles. The maximum atomic E-state index is 14.6. The summed E-state index contributed by atoms with van der Waals surface area (Å²) in [6, 6.07) is 25.9. The number of nitrogens with one attached hydrogen (secondary N) is 3. The number of hydrogen-bond acceptors (Lipinski definition) is 10. The lowest BCUT2D eigenvalue weighted by Gasteiger charge is -2.34. The third-order valence-electron chi connectivity index (χ3n) is 16.2. The normalized spacial score (nSPS) is 16.4. The first-order valence-electron chi connectivity index (χ1n) is 29.9. The largest absolute Gasteiger partial charge is 0.356 e. The van der Waals surface area contributed by atoms with Crippen molar-refractivity contribution in [3.05, 3.63) is 183 Å². The first-order valence-corrected chi connectivity index (χ1v) is 32.6. The first-order chi connectivity index (χ1) is 42.4. The third-order valence-corrected chi connectivity index (χ3v) is 19.1. The van der Waals surface area contributed by atoms with Gasteiger partial charge in [0.25, 0.3) is 0 Å². The number of piperazine rings is 1. The van der Waals surface area contributed by atoms with E-state index in [9.17, 15) is 28.8 Å². The number of benzene rings is 4. The number of fused-ring (bicyclic) bond motifs is 3. The number of carbonyl (C=O) groups excluding carboxylic acids is 6. The number of unbranched alkanes of at least 4 members (excludes halogenated alkanes) is 4. The van der Waals surface area contributed by atoms with Crippen LogP contribution in [0, 0.1) is 20.8 Å². The van der Waals surface area contributed by atoms with Gasteiger partial charge in [0.2, 0.25) is 29.5 Å². The van der Waals surface area contributed by atoms with Crippen molar-refractivity contribution < 1.29 is 28.8 Å². The Hall–Kier alpha value is -6.63. The summed E-state index contributed by atoms with van der Waals surface area (Å²) in [4.78, 5) is 98.5. The number of aryl methyl sites for hydroxylation is 2. The Morgan fingerprint density at radius 3 is 1.95 bits per heavy atom. The molecule has 4 aromatic carbocycles. The number of aliphatic imine (C=N–C) groups is 1. The van der Waals surface area contributed by atoms with Crippen LogP contribution >= 0.6 is 69.3 Å². The van der Waals surface area contributed by atoms with E-state index in [4.69, 9.17) is 63.0 Å². The van der Waals surface area contributed by atoms with Crippen LogP contribution in [0.1, 0.15) is 120 Å². The summed E-state index contributed by atoms with van der Waals surface area (Å²) >= 11 is 33.0. The standard InChI is InChI=1S/C67H72Cl5N9O6S/c1-42-43(2)88-67-63(42)64(48-20-22-51(68)23-21-48)77-56(58-39-75-44(3)81(58)67)38-61(84)74-27-28-78-29-31-79(32-30-78)62(85)17-12-16-59(82)73-26-11-6-4-5-10-15-60(83)76-57(37-45-13-8-7-9-14-45)66(87)80-40-49(33-46-18-24-52(69)54(71)35-46)65(86)50(41-80)34-47-19-25-53(70)55(72)36-47/h7-9,13-14,18-25,33-36,39,56-57H,4-6,10-12,15-17,26-32,37-38,40-41H2,1-3H3,(H,73,82)(H,74,84)(H,76,83)/b49-33+,50-34+/t56-,57-/m0/s1. The monoisotopic (exact) mass is 1310 g/mol. The third kappa shape index (κ3) is 17.4. The molecular weight excluding hydrogens is 1240 g/mol. The van der Waals surface area contributed by atoms with Gasteiger partial charge < -0.3 is 25.8 Å². The van der Waals surface area contributed by atoms with Gasteiger partial charge in [0.1, 0.15) is 22.9 Å². The van der Waals surface area contributed by atoms with Gasteiger partial charge in [0.05, 0.1) is 44.1 Å². The summed E-state index contributed by atoms with van der Waals surface area (Å²) in [5.41, 5.74) is 7.71. The van der Waals surface area contributed by atoms with E-state index in [0.29, 0.717) is 112 Å². The second-order valence-electron chi connectivity index (χ2n) is 22.5. The molecule has 3 aliphatic heterocycles. The van der Waals surface area contributed by atoms with Crippen molar-refractivity contribution in [2.45, 2.75) is 103 Å². The van der Waals surface area contributed by atoms with Gasteiger partial charge >= 0.3 is 0 Å². The first kappa shape index (κ1) is 65.8. The molecular formula is C67H72Cl5N9O6S. The zero-order chi connectivity index (χ0) is 62.4. The number of likely N-dealkylation sites (tertiary alicyclic amines) is 1. The van der Waals surface area contributed by atoms with Crippen LogP contribution in [0.15, 0.2) is 113 Å². The van der Waals surface area contributed by atoms with Crippen LogP contribution in [0.3, 0.4) is 0 Å². The molecule has 2 fully saturated rings. The summed E-state index contributed by atoms with van der Waals surface area (Å²) in [7, 11) is 0. The maximum absolute atomic E-state index is 14.6. The van der Waals surface area contributed by atoms with Gasteiger partial charge in [-0.05, 0) is 111 Å². The summed E-state index contributed by atoms with van der Waals surface area (Å²) in [5.74, 6) is -0.127. The SMILES string of the molecule is Cc1sc2c(c1C)C(c1ccc(Cl)cc1)=N[C@@H](CC(=O)NCCN1CCN(C(=O)CCCC(=O)NCCCCCCCC(=O)N[C@@H](Cc3ccccc3)C(=O)N3C/C(=C\c4ccc(Cl)c(Cl)c4)C(=O)/C(=C/c4ccc(Cl)c(Cl)c4)C3)CC1)c1cnc(C)n1-2. The quantitative estimate of drug-likeness (QED) is 0.0396. The Morgan fingerprint density at radius 1 is 0.670 bits per heavy atom. The summed E-state index contributed by atoms with van der Waals surface area (Å²) in [5, 5.41) is 12.2. The number of ketones is 1. The molecule has 0 radical (unpaired) electrons. The number of Topliss-reactive ketones (excluding diaryl/α,β-unsaturated/α-hetero) is 1. The fourth-order valence-corrected chi connectivity index (χ4v) is 13.2. The van der Waals surface area contributed by atoms with Crippen LogP contribution < -0.4 is 16.0 Å². The minimum Gasteiger partial charge on any atom is -0.356 e. The molecule has 0 saturated carbocycles.